The van der Waals surface area contributed by atoms with Gasteiger partial charge in [-0.2, -0.15) is 9.50 Å². The van der Waals surface area contributed by atoms with E-state index in [0.29, 0.717) is 22.3 Å². The molecule has 2 heterocycles. The number of anilines is 1. The third-order valence-electron chi connectivity index (χ3n) is 3.18. The van der Waals surface area contributed by atoms with Crippen molar-refractivity contribution in [3.05, 3.63) is 41.2 Å². The average Bonchev–Trinajstić information content (AvgIpc) is 2.94. The van der Waals surface area contributed by atoms with Gasteiger partial charge in [0.25, 0.3) is 11.7 Å². The van der Waals surface area contributed by atoms with Crippen LogP contribution < -0.4 is 5.32 Å². The molecule has 0 aliphatic carbocycles. The third kappa shape index (κ3) is 2.64. The molecule has 0 fully saturated rings. The summed E-state index contributed by atoms with van der Waals surface area (Å²) in [7, 11) is 0. The van der Waals surface area contributed by atoms with Crippen molar-refractivity contribution in [2.75, 3.05) is 11.6 Å². The lowest BCUT2D eigenvalue weighted by atomic mass is 10.2. The number of rotatable bonds is 3. The Bertz CT molecular complexity index is 842. The maximum Gasteiger partial charge on any atom is 0.278 e. The van der Waals surface area contributed by atoms with Crippen LogP contribution in [0.15, 0.2) is 29.4 Å². The average molecular weight is 314 g/mol. The normalized spacial score (nSPS) is 10.9. The molecule has 7 nitrogen and oxygen atoms in total. The molecule has 1 aromatic carbocycles. The molecule has 0 saturated carbocycles. The molecule has 0 bridgehead atoms. The molecule has 1 amide bonds. The van der Waals surface area contributed by atoms with Crippen LogP contribution in [-0.4, -0.2) is 37.0 Å². The Kier molecular flexibility index (Phi) is 3.76. The van der Waals surface area contributed by atoms with Crippen molar-refractivity contribution in [2.24, 2.45) is 0 Å². The second-order valence-corrected chi connectivity index (χ2v) is 5.54. The fraction of sp³-hybridized carbons (Fsp3) is 0.214. The topological polar surface area (TPSA) is 85.1 Å². The quantitative estimate of drug-likeness (QED) is 0.745. The summed E-state index contributed by atoms with van der Waals surface area (Å²) in [5, 5.41) is 15.6. The van der Waals surface area contributed by atoms with Crippen LogP contribution in [0.5, 0.6) is 0 Å². The predicted octanol–water partition coefficient (Wildman–Crippen LogP) is 2.11. The van der Waals surface area contributed by atoms with Crippen molar-refractivity contribution in [3.63, 3.8) is 0 Å². The highest BCUT2D eigenvalue weighted by molar-refractivity contribution is 7.98. The number of fused-ring (bicyclic) bond motifs is 1. The van der Waals surface area contributed by atoms with E-state index in [-0.39, 0.29) is 11.6 Å². The Balaban J connectivity index is 1.93. The van der Waals surface area contributed by atoms with Crippen LogP contribution in [-0.2, 0) is 0 Å². The minimum Gasteiger partial charge on any atom is -0.321 e. The number of aryl methyl sites for hydroxylation is 2. The van der Waals surface area contributed by atoms with Gasteiger partial charge in [-0.25, -0.2) is 0 Å². The fourth-order valence-electron chi connectivity index (χ4n) is 1.97. The first-order valence-electron chi connectivity index (χ1n) is 6.60. The zero-order valence-corrected chi connectivity index (χ0v) is 13.2. The maximum atomic E-state index is 12.4. The number of benzene rings is 1. The molecule has 22 heavy (non-hydrogen) atoms. The molecule has 3 aromatic rings. The molecule has 0 atom stereocenters. The van der Waals surface area contributed by atoms with Crippen LogP contribution in [0.1, 0.15) is 21.7 Å². The standard InChI is InChI=1S/C14H14N6OS/c1-8-4-6-10(7-5-8)15-12(21)11-9(2)20-13(18-17-11)16-14(19-20)22-3/h4-7H,1-3H3,(H,15,21). The number of thioether (sulfide) groups is 1. The van der Waals surface area contributed by atoms with E-state index in [1.54, 1.807) is 6.92 Å². The molecule has 0 unspecified atom stereocenters. The number of hydrogen-bond donors (Lipinski definition) is 1. The first kappa shape index (κ1) is 14.5. The lowest BCUT2D eigenvalue weighted by Gasteiger charge is -2.07. The third-order valence-corrected chi connectivity index (χ3v) is 3.72. The first-order chi connectivity index (χ1) is 10.6. The Morgan fingerprint density at radius 2 is 1.91 bits per heavy atom. The van der Waals surface area contributed by atoms with Gasteiger partial charge in [-0.1, -0.05) is 29.5 Å². The molecule has 0 spiro atoms. The van der Waals surface area contributed by atoms with Gasteiger partial charge in [0.15, 0.2) is 5.69 Å². The number of aromatic nitrogens is 5. The van der Waals surface area contributed by atoms with E-state index in [1.807, 2.05) is 37.4 Å². The second-order valence-electron chi connectivity index (χ2n) is 4.76. The van der Waals surface area contributed by atoms with Gasteiger partial charge < -0.3 is 5.32 Å². The number of nitrogens with zero attached hydrogens (tertiary/aromatic N) is 5. The highest BCUT2D eigenvalue weighted by atomic mass is 32.2. The van der Waals surface area contributed by atoms with E-state index in [9.17, 15) is 4.79 Å². The molecule has 2 aromatic heterocycles. The van der Waals surface area contributed by atoms with E-state index in [1.165, 1.54) is 16.3 Å². The summed E-state index contributed by atoms with van der Waals surface area (Å²) >= 11 is 1.41. The molecule has 1 N–H and O–H groups in total. The number of nitrogens with one attached hydrogen (secondary N) is 1. The summed E-state index contributed by atoms with van der Waals surface area (Å²) in [5.74, 6) is 0.0608. The van der Waals surface area contributed by atoms with Crippen LogP contribution in [0.4, 0.5) is 5.69 Å². The van der Waals surface area contributed by atoms with Crippen LogP contribution in [0.25, 0.3) is 5.78 Å². The lowest BCUT2D eigenvalue weighted by Crippen LogP contribution is -2.18. The van der Waals surface area contributed by atoms with Crippen molar-refractivity contribution in [1.29, 1.82) is 0 Å². The SMILES string of the molecule is CSc1nc2nnc(C(=O)Nc3ccc(C)cc3)c(C)n2n1. The molecule has 0 radical (unpaired) electrons. The molecular weight excluding hydrogens is 300 g/mol. The number of amides is 1. The minimum absolute atomic E-state index is 0.227. The maximum absolute atomic E-state index is 12.4. The van der Waals surface area contributed by atoms with E-state index in [0.717, 1.165) is 5.56 Å². The highest BCUT2D eigenvalue weighted by Gasteiger charge is 2.17. The van der Waals surface area contributed by atoms with Crippen LogP contribution in [0.3, 0.4) is 0 Å². The van der Waals surface area contributed by atoms with Gasteiger partial charge in [-0.05, 0) is 32.2 Å². The monoisotopic (exact) mass is 314 g/mol. The van der Waals surface area contributed by atoms with Gasteiger partial charge in [0.1, 0.15) is 0 Å². The summed E-state index contributed by atoms with van der Waals surface area (Å²) in [5.41, 5.74) is 2.66. The van der Waals surface area contributed by atoms with Crippen molar-refractivity contribution < 1.29 is 4.79 Å². The van der Waals surface area contributed by atoms with Gasteiger partial charge in [0.05, 0.1) is 5.69 Å². The summed E-state index contributed by atoms with van der Waals surface area (Å²) < 4.78 is 1.53. The molecule has 0 saturated heterocycles. The van der Waals surface area contributed by atoms with Crippen molar-refractivity contribution in [2.45, 2.75) is 19.0 Å². The Hall–Kier alpha value is -2.48. The zero-order valence-electron chi connectivity index (χ0n) is 12.4. The van der Waals surface area contributed by atoms with E-state index in [2.05, 4.69) is 25.6 Å². The number of carbonyl (C=O) groups excluding carboxylic acids is 1. The van der Waals surface area contributed by atoms with Gasteiger partial charge in [-0.3, -0.25) is 4.79 Å². The molecule has 3 rings (SSSR count). The summed E-state index contributed by atoms with van der Waals surface area (Å²) in [6.07, 6.45) is 1.88. The Labute approximate surface area is 131 Å². The highest BCUT2D eigenvalue weighted by Crippen LogP contribution is 2.14. The summed E-state index contributed by atoms with van der Waals surface area (Å²) in [6, 6.07) is 7.55. The van der Waals surface area contributed by atoms with Gasteiger partial charge >= 0.3 is 0 Å². The van der Waals surface area contributed by atoms with Crippen LogP contribution in [0, 0.1) is 13.8 Å². The lowest BCUT2D eigenvalue weighted by molar-refractivity contribution is 0.102. The smallest absolute Gasteiger partial charge is 0.278 e. The van der Waals surface area contributed by atoms with E-state index >= 15 is 0 Å². The van der Waals surface area contributed by atoms with Crippen molar-refractivity contribution in [1.82, 2.24) is 24.8 Å². The van der Waals surface area contributed by atoms with Crippen molar-refractivity contribution in [3.8, 4) is 0 Å². The summed E-state index contributed by atoms with van der Waals surface area (Å²) in [6.45, 7) is 3.76. The molecular formula is C14H14N6OS. The predicted molar refractivity (Wildman–Crippen MR) is 84.2 cm³/mol. The van der Waals surface area contributed by atoms with E-state index in [4.69, 9.17) is 0 Å². The molecule has 0 aliphatic rings. The first-order valence-corrected chi connectivity index (χ1v) is 7.83. The fourth-order valence-corrected chi connectivity index (χ4v) is 2.30. The minimum atomic E-state index is -0.322. The number of carbonyl (C=O) groups is 1. The Morgan fingerprint density at radius 1 is 1.18 bits per heavy atom. The van der Waals surface area contributed by atoms with Gasteiger partial charge in [0.2, 0.25) is 5.16 Å². The summed E-state index contributed by atoms with van der Waals surface area (Å²) in [4.78, 5) is 16.6. The zero-order chi connectivity index (χ0) is 15.7. The Morgan fingerprint density at radius 3 is 2.59 bits per heavy atom. The molecule has 0 aliphatic heterocycles. The largest absolute Gasteiger partial charge is 0.321 e. The molecule has 8 heteroatoms. The van der Waals surface area contributed by atoms with Crippen LogP contribution >= 0.6 is 11.8 Å². The number of hydrogen-bond acceptors (Lipinski definition) is 6. The van der Waals surface area contributed by atoms with E-state index < -0.39 is 0 Å². The van der Waals surface area contributed by atoms with Gasteiger partial charge in [0, 0.05) is 5.69 Å². The second kappa shape index (κ2) is 5.72. The molecule has 112 valence electrons. The van der Waals surface area contributed by atoms with Crippen LogP contribution in [0.2, 0.25) is 0 Å². The van der Waals surface area contributed by atoms with Crippen molar-refractivity contribution >= 4 is 29.1 Å². The van der Waals surface area contributed by atoms with Gasteiger partial charge in [-0.15, -0.1) is 15.3 Å².